The van der Waals surface area contributed by atoms with E-state index in [-0.39, 0.29) is 11.3 Å². The molecule has 1 aliphatic rings. The summed E-state index contributed by atoms with van der Waals surface area (Å²) in [6.45, 7) is 3.78. The van der Waals surface area contributed by atoms with Crippen molar-refractivity contribution in [2.75, 3.05) is 18.0 Å². The molecule has 1 unspecified atom stereocenters. The van der Waals surface area contributed by atoms with Gasteiger partial charge in [0.15, 0.2) is 0 Å². The highest BCUT2D eigenvalue weighted by atomic mass is 16.6. The number of hydrogen-bond donors (Lipinski definition) is 1. The molecule has 20 heavy (non-hydrogen) atoms. The van der Waals surface area contributed by atoms with Crippen molar-refractivity contribution in [3.8, 4) is 0 Å². The largest absolute Gasteiger partial charge is 0.478 e. The molecule has 1 fully saturated rings. The van der Waals surface area contributed by atoms with Crippen LogP contribution in [0.3, 0.4) is 0 Å². The second kappa shape index (κ2) is 5.90. The lowest BCUT2D eigenvalue weighted by atomic mass is 10.0. The first-order chi connectivity index (χ1) is 9.49. The molecule has 0 aromatic heterocycles. The van der Waals surface area contributed by atoms with Gasteiger partial charge in [-0.15, -0.1) is 0 Å². The first-order valence-electron chi connectivity index (χ1n) is 6.75. The van der Waals surface area contributed by atoms with E-state index in [0.29, 0.717) is 11.6 Å². The van der Waals surface area contributed by atoms with Crippen molar-refractivity contribution in [1.82, 2.24) is 0 Å². The van der Waals surface area contributed by atoms with E-state index in [0.717, 1.165) is 38.4 Å². The van der Waals surface area contributed by atoms with Crippen LogP contribution in [0.5, 0.6) is 0 Å². The Morgan fingerprint density at radius 2 is 2.15 bits per heavy atom. The summed E-state index contributed by atoms with van der Waals surface area (Å²) in [5, 5.41) is 20.0. The maximum atomic E-state index is 11.3. The van der Waals surface area contributed by atoms with E-state index in [1.54, 1.807) is 6.07 Å². The number of carboxylic acids is 1. The molecule has 1 saturated heterocycles. The third-order valence-corrected chi connectivity index (χ3v) is 3.78. The summed E-state index contributed by atoms with van der Waals surface area (Å²) in [5.41, 5.74) is 0.403. The number of carboxylic acid groups (broad SMARTS) is 1. The van der Waals surface area contributed by atoms with Gasteiger partial charge in [-0.05, 0) is 31.2 Å². The minimum Gasteiger partial charge on any atom is -0.478 e. The lowest BCUT2D eigenvalue weighted by Crippen LogP contribution is -2.26. The Bertz CT molecular complexity index is 530. The quantitative estimate of drug-likeness (QED) is 0.678. The van der Waals surface area contributed by atoms with Gasteiger partial charge in [0.25, 0.3) is 5.69 Å². The number of non-ortho nitro benzene ring substituents is 1. The van der Waals surface area contributed by atoms with Crippen LogP contribution >= 0.6 is 0 Å². The molecule has 0 amide bonds. The topological polar surface area (TPSA) is 83.7 Å². The van der Waals surface area contributed by atoms with Crippen molar-refractivity contribution in [3.05, 3.63) is 33.9 Å². The van der Waals surface area contributed by atoms with E-state index < -0.39 is 10.9 Å². The third kappa shape index (κ3) is 3.07. The Balaban J connectivity index is 2.35. The van der Waals surface area contributed by atoms with Gasteiger partial charge in [-0.1, -0.05) is 6.92 Å². The third-order valence-electron chi connectivity index (χ3n) is 3.78. The summed E-state index contributed by atoms with van der Waals surface area (Å²) in [6.07, 6.45) is 3.15. The highest BCUT2D eigenvalue weighted by Gasteiger charge is 2.22. The molecule has 6 nitrogen and oxygen atoms in total. The Labute approximate surface area is 117 Å². The molecule has 1 heterocycles. The Kier molecular flexibility index (Phi) is 4.22. The molecule has 1 aliphatic heterocycles. The van der Waals surface area contributed by atoms with E-state index in [4.69, 9.17) is 0 Å². The molecule has 0 saturated carbocycles. The number of nitrogens with zero attached hydrogens (tertiary/aromatic N) is 2. The van der Waals surface area contributed by atoms with E-state index in [9.17, 15) is 20.0 Å². The van der Waals surface area contributed by atoms with Crippen LogP contribution in [0.25, 0.3) is 0 Å². The molecule has 0 spiro atoms. The van der Waals surface area contributed by atoms with Crippen LogP contribution in [-0.4, -0.2) is 29.1 Å². The second-order valence-electron chi connectivity index (χ2n) is 5.29. The van der Waals surface area contributed by atoms with Crippen LogP contribution < -0.4 is 4.90 Å². The minimum absolute atomic E-state index is 0.00810. The highest BCUT2D eigenvalue weighted by Crippen LogP contribution is 2.28. The van der Waals surface area contributed by atoms with Crippen molar-refractivity contribution in [2.24, 2.45) is 5.92 Å². The number of hydrogen-bond acceptors (Lipinski definition) is 4. The summed E-state index contributed by atoms with van der Waals surface area (Å²) in [6, 6.07) is 4.07. The van der Waals surface area contributed by atoms with E-state index in [1.807, 2.05) is 4.90 Å². The lowest BCUT2D eigenvalue weighted by Gasteiger charge is -2.24. The van der Waals surface area contributed by atoms with Gasteiger partial charge >= 0.3 is 5.97 Å². The van der Waals surface area contributed by atoms with Gasteiger partial charge in [0, 0.05) is 25.2 Å². The standard InChI is InChI=1S/C14H18N2O4/c1-10-3-2-7-15(8-6-10)13-5-4-11(16(19)20)9-12(13)14(17)18/h4-5,9-10H,2-3,6-8H2,1H3,(H,17,18). The van der Waals surface area contributed by atoms with Crippen molar-refractivity contribution < 1.29 is 14.8 Å². The molecule has 6 heteroatoms. The summed E-state index contributed by atoms with van der Waals surface area (Å²) in [4.78, 5) is 23.6. The maximum absolute atomic E-state index is 11.3. The van der Waals surface area contributed by atoms with Crippen LogP contribution in [0.15, 0.2) is 18.2 Å². The van der Waals surface area contributed by atoms with Crippen molar-refractivity contribution in [2.45, 2.75) is 26.2 Å². The maximum Gasteiger partial charge on any atom is 0.338 e. The van der Waals surface area contributed by atoms with Crippen LogP contribution in [0, 0.1) is 16.0 Å². The summed E-state index contributed by atoms with van der Waals surface area (Å²) in [5.74, 6) is -0.493. The van der Waals surface area contributed by atoms with Gasteiger partial charge in [0.1, 0.15) is 0 Å². The molecule has 1 aromatic rings. The predicted molar refractivity (Wildman–Crippen MR) is 75.3 cm³/mol. The monoisotopic (exact) mass is 278 g/mol. The van der Waals surface area contributed by atoms with E-state index >= 15 is 0 Å². The summed E-state index contributed by atoms with van der Waals surface area (Å²) >= 11 is 0. The van der Waals surface area contributed by atoms with Crippen molar-refractivity contribution in [1.29, 1.82) is 0 Å². The van der Waals surface area contributed by atoms with Gasteiger partial charge in [0.05, 0.1) is 16.2 Å². The number of benzene rings is 1. The smallest absolute Gasteiger partial charge is 0.338 e. The van der Waals surface area contributed by atoms with Crippen molar-refractivity contribution >= 4 is 17.3 Å². The molecule has 1 aromatic carbocycles. The fourth-order valence-electron chi connectivity index (χ4n) is 2.59. The van der Waals surface area contributed by atoms with Crippen molar-refractivity contribution in [3.63, 3.8) is 0 Å². The van der Waals surface area contributed by atoms with Gasteiger partial charge < -0.3 is 10.0 Å². The zero-order valence-corrected chi connectivity index (χ0v) is 11.4. The van der Waals surface area contributed by atoms with E-state index in [2.05, 4.69) is 6.92 Å². The first kappa shape index (κ1) is 14.3. The number of nitro groups is 1. The molecular formula is C14H18N2O4. The summed E-state index contributed by atoms with van der Waals surface area (Å²) in [7, 11) is 0. The first-order valence-corrected chi connectivity index (χ1v) is 6.75. The number of rotatable bonds is 3. The van der Waals surface area contributed by atoms with Gasteiger partial charge in [-0.2, -0.15) is 0 Å². The SMILES string of the molecule is CC1CCCN(c2ccc([N+](=O)[O-])cc2C(=O)O)CC1. The predicted octanol–water partition coefficient (Wildman–Crippen LogP) is 2.92. The second-order valence-corrected chi connectivity index (χ2v) is 5.29. The minimum atomic E-state index is -1.12. The average molecular weight is 278 g/mol. The summed E-state index contributed by atoms with van der Waals surface area (Å²) < 4.78 is 0. The van der Waals surface area contributed by atoms with Crippen LogP contribution in [-0.2, 0) is 0 Å². The molecule has 0 radical (unpaired) electrons. The Hall–Kier alpha value is -2.11. The molecule has 1 N–H and O–H groups in total. The van der Waals surface area contributed by atoms with E-state index in [1.165, 1.54) is 6.07 Å². The Morgan fingerprint density at radius 1 is 1.40 bits per heavy atom. The zero-order valence-electron chi connectivity index (χ0n) is 11.4. The number of aromatic carboxylic acids is 1. The number of nitro benzene ring substituents is 1. The fraction of sp³-hybridized carbons (Fsp3) is 0.500. The fourth-order valence-corrected chi connectivity index (χ4v) is 2.59. The van der Waals surface area contributed by atoms with Gasteiger partial charge in [-0.3, -0.25) is 10.1 Å². The molecule has 2 rings (SSSR count). The lowest BCUT2D eigenvalue weighted by molar-refractivity contribution is -0.384. The Morgan fingerprint density at radius 3 is 2.80 bits per heavy atom. The highest BCUT2D eigenvalue weighted by molar-refractivity contribution is 5.95. The van der Waals surface area contributed by atoms with Crippen LogP contribution in [0.1, 0.15) is 36.5 Å². The molecule has 108 valence electrons. The van der Waals surface area contributed by atoms with Gasteiger partial charge in [-0.25, -0.2) is 4.79 Å². The average Bonchev–Trinajstić information content (AvgIpc) is 2.62. The molecule has 1 atom stereocenters. The molecule has 0 aliphatic carbocycles. The molecular weight excluding hydrogens is 260 g/mol. The number of anilines is 1. The van der Waals surface area contributed by atoms with Gasteiger partial charge in [0.2, 0.25) is 0 Å². The van der Waals surface area contributed by atoms with Crippen LogP contribution in [0.4, 0.5) is 11.4 Å². The zero-order chi connectivity index (χ0) is 14.7. The number of carbonyl (C=O) groups is 1. The molecule has 0 bridgehead atoms. The van der Waals surface area contributed by atoms with Crippen LogP contribution in [0.2, 0.25) is 0 Å². The normalized spacial score (nSPS) is 19.4.